The van der Waals surface area contributed by atoms with E-state index in [9.17, 15) is 0 Å². The maximum atomic E-state index is 6.10. The smallest absolute Gasteiger partial charge is 0.0401 e. The van der Waals surface area contributed by atoms with Crippen molar-refractivity contribution in [3.8, 4) is 0 Å². The van der Waals surface area contributed by atoms with E-state index in [2.05, 4.69) is 28.1 Å². The molecular weight excluding hydrogens is 256 g/mol. The van der Waals surface area contributed by atoms with Crippen molar-refractivity contribution in [2.75, 3.05) is 32.7 Å². The zero-order chi connectivity index (χ0) is 13.8. The molecule has 1 aromatic rings. The van der Waals surface area contributed by atoms with Gasteiger partial charge in [-0.25, -0.2) is 0 Å². The minimum absolute atomic E-state index is 0.186. The summed E-state index contributed by atoms with van der Waals surface area (Å²) in [6, 6.07) is 4.36. The van der Waals surface area contributed by atoms with Crippen LogP contribution in [0.4, 0.5) is 0 Å². The highest BCUT2D eigenvalue weighted by molar-refractivity contribution is 7.10. The van der Waals surface area contributed by atoms with Crippen molar-refractivity contribution in [1.82, 2.24) is 10.6 Å². The van der Waals surface area contributed by atoms with Crippen molar-refractivity contribution in [2.24, 2.45) is 11.5 Å². The molecule has 1 aromatic heterocycles. The van der Waals surface area contributed by atoms with Crippen LogP contribution in [0.25, 0.3) is 0 Å². The van der Waals surface area contributed by atoms with Crippen LogP contribution in [0.3, 0.4) is 0 Å². The van der Waals surface area contributed by atoms with Gasteiger partial charge in [0.05, 0.1) is 0 Å². The molecule has 110 valence electrons. The predicted octanol–water partition coefficient (Wildman–Crippen LogP) is 1.45. The summed E-state index contributed by atoms with van der Waals surface area (Å²) in [6.45, 7) is 4.99. The van der Waals surface area contributed by atoms with Gasteiger partial charge in [-0.15, -0.1) is 11.3 Å². The van der Waals surface area contributed by atoms with E-state index in [1.54, 1.807) is 11.3 Å². The second-order valence-corrected chi connectivity index (χ2v) is 5.74. The summed E-state index contributed by atoms with van der Waals surface area (Å²) >= 11 is 1.74. The van der Waals surface area contributed by atoms with Gasteiger partial charge in [0.2, 0.25) is 0 Å². The lowest BCUT2D eigenvalue weighted by molar-refractivity contribution is 0.548. The molecule has 0 aromatic carbocycles. The molecule has 0 aliphatic heterocycles. The Bertz CT molecular complexity index is 290. The van der Waals surface area contributed by atoms with Gasteiger partial charge >= 0.3 is 0 Å². The van der Waals surface area contributed by atoms with Gasteiger partial charge < -0.3 is 22.1 Å². The summed E-state index contributed by atoms with van der Waals surface area (Å²) < 4.78 is 0. The third kappa shape index (κ3) is 8.34. The molecule has 0 aliphatic carbocycles. The van der Waals surface area contributed by atoms with Gasteiger partial charge in [0, 0.05) is 10.9 Å². The number of rotatable bonds is 12. The van der Waals surface area contributed by atoms with Crippen LogP contribution in [-0.4, -0.2) is 32.7 Å². The van der Waals surface area contributed by atoms with E-state index in [1.165, 1.54) is 17.7 Å². The first kappa shape index (κ1) is 16.6. The Hall–Kier alpha value is -0.460. The monoisotopic (exact) mass is 284 g/mol. The summed E-state index contributed by atoms with van der Waals surface area (Å²) in [5, 5.41) is 8.93. The first-order chi connectivity index (χ1) is 9.34. The molecule has 19 heavy (non-hydrogen) atoms. The maximum Gasteiger partial charge on any atom is 0.0401 e. The topological polar surface area (TPSA) is 76.1 Å². The van der Waals surface area contributed by atoms with E-state index in [4.69, 9.17) is 11.5 Å². The third-order valence-corrected chi connectivity index (χ3v) is 4.06. The van der Waals surface area contributed by atoms with E-state index in [1.807, 2.05) is 0 Å². The van der Waals surface area contributed by atoms with Gasteiger partial charge in [-0.2, -0.15) is 0 Å². The molecule has 6 N–H and O–H groups in total. The highest BCUT2D eigenvalue weighted by Crippen LogP contribution is 2.18. The van der Waals surface area contributed by atoms with Crippen LogP contribution in [0.5, 0.6) is 0 Å². The van der Waals surface area contributed by atoms with Crippen molar-refractivity contribution in [2.45, 2.75) is 31.7 Å². The first-order valence-electron chi connectivity index (χ1n) is 7.25. The quantitative estimate of drug-likeness (QED) is 0.438. The van der Waals surface area contributed by atoms with E-state index >= 15 is 0 Å². The molecule has 0 saturated heterocycles. The minimum atomic E-state index is 0.186. The number of hydrogen-bond donors (Lipinski definition) is 4. The summed E-state index contributed by atoms with van der Waals surface area (Å²) in [6.07, 6.45) is 4.51. The van der Waals surface area contributed by atoms with Gasteiger partial charge in [-0.05, 0) is 69.9 Å². The van der Waals surface area contributed by atoms with Gasteiger partial charge in [-0.3, -0.25) is 0 Å². The van der Waals surface area contributed by atoms with Crippen LogP contribution >= 0.6 is 11.3 Å². The van der Waals surface area contributed by atoms with Crippen LogP contribution in [0.15, 0.2) is 17.5 Å². The SMILES string of the molecule is NCCCNCCCCNCCC(N)c1cccs1. The average molecular weight is 284 g/mol. The lowest BCUT2D eigenvalue weighted by Gasteiger charge is -2.10. The van der Waals surface area contributed by atoms with Gasteiger partial charge in [0.1, 0.15) is 0 Å². The number of thiophene rings is 1. The molecule has 1 atom stereocenters. The highest BCUT2D eigenvalue weighted by Gasteiger charge is 2.05. The molecule has 0 spiro atoms. The van der Waals surface area contributed by atoms with Crippen molar-refractivity contribution in [3.05, 3.63) is 22.4 Å². The molecule has 4 nitrogen and oxygen atoms in total. The minimum Gasteiger partial charge on any atom is -0.330 e. The molecule has 0 amide bonds. The largest absolute Gasteiger partial charge is 0.330 e. The third-order valence-electron chi connectivity index (χ3n) is 3.06. The van der Waals surface area contributed by atoms with Crippen molar-refractivity contribution < 1.29 is 0 Å². The number of nitrogens with two attached hydrogens (primary N) is 2. The predicted molar refractivity (Wildman–Crippen MR) is 84.5 cm³/mol. The summed E-state index contributed by atoms with van der Waals surface area (Å²) in [5.74, 6) is 0. The lowest BCUT2D eigenvalue weighted by atomic mass is 10.2. The van der Waals surface area contributed by atoms with Crippen LogP contribution < -0.4 is 22.1 Å². The van der Waals surface area contributed by atoms with E-state index < -0.39 is 0 Å². The van der Waals surface area contributed by atoms with E-state index in [0.29, 0.717) is 0 Å². The fourth-order valence-corrected chi connectivity index (χ4v) is 2.64. The number of nitrogens with one attached hydrogen (secondary N) is 2. The number of unbranched alkanes of at least 4 members (excludes halogenated alkanes) is 1. The molecule has 0 radical (unpaired) electrons. The maximum absolute atomic E-state index is 6.10. The lowest BCUT2D eigenvalue weighted by Crippen LogP contribution is -2.23. The second-order valence-electron chi connectivity index (χ2n) is 4.76. The Morgan fingerprint density at radius 1 is 1.05 bits per heavy atom. The van der Waals surface area contributed by atoms with Gasteiger partial charge in [0.25, 0.3) is 0 Å². The Balaban J connectivity index is 1.83. The number of hydrogen-bond acceptors (Lipinski definition) is 5. The molecule has 5 heteroatoms. The molecule has 0 saturated carbocycles. The molecule has 1 unspecified atom stereocenters. The van der Waals surface area contributed by atoms with Gasteiger partial charge in [0.15, 0.2) is 0 Å². The van der Waals surface area contributed by atoms with Crippen LogP contribution in [0.2, 0.25) is 0 Å². The molecule has 0 aliphatic rings. The van der Waals surface area contributed by atoms with Gasteiger partial charge in [-0.1, -0.05) is 6.07 Å². The Labute approximate surface area is 121 Å². The Kier molecular flexibility index (Phi) is 9.93. The fourth-order valence-electron chi connectivity index (χ4n) is 1.88. The summed E-state index contributed by atoms with van der Waals surface area (Å²) in [4.78, 5) is 1.28. The van der Waals surface area contributed by atoms with Crippen LogP contribution in [0, 0.1) is 0 Å². The average Bonchev–Trinajstić information content (AvgIpc) is 2.95. The molecule has 1 rings (SSSR count). The molecule has 1 heterocycles. The van der Waals surface area contributed by atoms with E-state index in [-0.39, 0.29) is 6.04 Å². The van der Waals surface area contributed by atoms with Crippen molar-refractivity contribution >= 4 is 11.3 Å². The zero-order valence-corrected chi connectivity index (χ0v) is 12.6. The standard InChI is InChI=1S/C14H28N4S/c15-7-4-10-17-8-1-2-9-18-11-6-13(16)14-5-3-12-19-14/h3,5,12-13,17-18H,1-2,4,6-11,15-16H2. The normalized spacial score (nSPS) is 12.7. The van der Waals surface area contributed by atoms with Crippen LogP contribution in [-0.2, 0) is 0 Å². The molecular formula is C14H28N4S. The molecule has 0 bridgehead atoms. The zero-order valence-electron chi connectivity index (χ0n) is 11.7. The Morgan fingerprint density at radius 2 is 1.74 bits per heavy atom. The van der Waals surface area contributed by atoms with Crippen molar-refractivity contribution in [3.63, 3.8) is 0 Å². The fraction of sp³-hybridized carbons (Fsp3) is 0.714. The van der Waals surface area contributed by atoms with Crippen molar-refractivity contribution in [1.29, 1.82) is 0 Å². The summed E-state index contributed by atoms with van der Waals surface area (Å²) in [7, 11) is 0. The first-order valence-corrected chi connectivity index (χ1v) is 8.13. The molecule has 0 fully saturated rings. The van der Waals surface area contributed by atoms with E-state index in [0.717, 1.165) is 45.6 Å². The summed E-state index contributed by atoms with van der Waals surface area (Å²) in [5.41, 5.74) is 11.5. The second kappa shape index (κ2) is 11.4. The Morgan fingerprint density at radius 3 is 2.37 bits per heavy atom. The highest BCUT2D eigenvalue weighted by atomic mass is 32.1. The van der Waals surface area contributed by atoms with Crippen LogP contribution in [0.1, 0.15) is 36.6 Å².